The van der Waals surface area contributed by atoms with Gasteiger partial charge in [0.1, 0.15) is 18.8 Å². The molecule has 1 saturated heterocycles. The molecule has 0 radical (unpaired) electrons. The monoisotopic (exact) mass is 472 g/mol. The first-order chi connectivity index (χ1) is 15.0. The molecular formula is C21H25ClO10. The Morgan fingerprint density at radius 2 is 1.47 bits per heavy atom. The van der Waals surface area contributed by atoms with E-state index in [1.807, 2.05) is 0 Å². The van der Waals surface area contributed by atoms with Gasteiger partial charge in [0.15, 0.2) is 18.3 Å². The average molecular weight is 473 g/mol. The molecule has 2 rings (SSSR count). The molecule has 0 amide bonds. The second-order valence-corrected chi connectivity index (χ2v) is 7.54. The molecule has 0 saturated carbocycles. The summed E-state index contributed by atoms with van der Waals surface area (Å²) in [7, 11) is 0. The summed E-state index contributed by atoms with van der Waals surface area (Å²) in [6, 6.07) is 4.66. The summed E-state index contributed by atoms with van der Waals surface area (Å²) in [5.74, 6) is -2.73. The summed E-state index contributed by atoms with van der Waals surface area (Å²) < 4.78 is 27.2. The highest BCUT2D eigenvalue weighted by Crippen LogP contribution is 2.38. The van der Waals surface area contributed by atoms with E-state index < -0.39 is 54.4 Å². The third-order valence-corrected chi connectivity index (χ3v) is 4.93. The maximum atomic E-state index is 11.9. The molecule has 176 valence electrons. The van der Waals surface area contributed by atoms with Crippen molar-refractivity contribution in [3.8, 4) is 0 Å². The smallest absolute Gasteiger partial charge is 0.303 e. The van der Waals surface area contributed by atoms with Crippen molar-refractivity contribution in [2.24, 2.45) is 0 Å². The SMILES string of the molecule is CC(=O)OCC1O[C@@H](c2ccc(Cl)c(CO)c2)[C@@H](OC(C)=O)C(OC(C)=O)[C@@H]1OC(C)=O. The number of esters is 4. The van der Waals surface area contributed by atoms with Gasteiger partial charge in [0, 0.05) is 32.7 Å². The summed E-state index contributed by atoms with van der Waals surface area (Å²) in [5.41, 5.74) is 0.827. The van der Waals surface area contributed by atoms with E-state index in [2.05, 4.69) is 0 Å². The molecule has 10 nitrogen and oxygen atoms in total. The minimum atomic E-state index is -1.27. The average Bonchev–Trinajstić information content (AvgIpc) is 2.69. The lowest BCUT2D eigenvalue weighted by Crippen LogP contribution is -2.59. The van der Waals surface area contributed by atoms with Crippen LogP contribution in [0.4, 0.5) is 0 Å². The van der Waals surface area contributed by atoms with E-state index >= 15 is 0 Å². The first-order valence-electron chi connectivity index (χ1n) is 9.73. The first-order valence-corrected chi connectivity index (χ1v) is 10.1. The van der Waals surface area contributed by atoms with Crippen molar-refractivity contribution in [2.45, 2.75) is 64.8 Å². The fourth-order valence-electron chi connectivity index (χ4n) is 3.39. The van der Waals surface area contributed by atoms with Gasteiger partial charge in [0.25, 0.3) is 0 Å². The van der Waals surface area contributed by atoms with Crippen LogP contribution in [0.3, 0.4) is 0 Å². The largest absolute Gasteiger partial charge is 0.463 e. The standard InChI is InChI=1S/C21H25ClO10/c1-10(24)28-9-17-19(29-11(2)25)21(31-13(4)27)20(30-12(3)26)18(32-17)14-5-6-16(22)15(7-14)8-23/h5-7,17-21,23H,8-9H2,1-4H3/t17?,18-,19+,20+,21?/m0/s1. The van der Waals surface area contributed by atoms with Gasteiger partial charge in [-0.2, -0.15) is 0 Å². The van der Waals surface area contributed by atoms with Crippen LogP contribution < -0.4 is 0 Å². The lowest BCUT2D eigenvalue weighted by Gasteiger charge is -2.44. The lowest BCUT2D eigenvalue weighted by atomic mass is 9.90. The van der Waals surface area contributed by atoms with Gasteiger partial charge in [0.2, 0.25) is 0 Å². The number of halogens is 1. The normalized spacial score (nSPS) is 24.9. The van der Waals surface area contributed by atoms with E-state index in [4.69, 9.17) is 35.3 Å². The van der Waals surface area contributed by atoms with E-state index in [1.165, 1.54) is 13.0 Å². The van der Waals surface area contributed by atoms with E-state index in [9.17, 15) is 24.3 Å². The minimum absolute atomic E-state index is 0.307. The highest BCUT2D eigenvalue weighted by Gasteiger charge is 2.52. The number of aliphatic hydroxyl groups is 1. The number of carbonyl (C=O) groups excluding carboxylic acids is 4. The number of benzene rings is 1. The van der Waals surface area contributed by atoms with Crippen LogP contribution in [0.25, 0.3) is 0 Å². The fraction of sp³-hybridized carbons (Fsp3) is 0.524. The zero-order valence-corrected chi connectivity index (χ0v) is 18.8. The van der Waals surface area contributed by atoms with E-state index in [-0.39, 0.29) is 13.2 Å². The molecule has 1 aromatic carbocycles. The minimum Gasteiger partial charge on any atom is -0.463 e. The summed E-state index contributed by atoms with van der Waals surface area (Å²) in [6.07, 6.45) is -5.81. The van der Waals surface area contributed by atoms with Crippen molar-refractivity contribution in [1.29, 1.82) is 0 Å². The van der Waals surface area contributed by atoms with Gasteiger partial charge < -0.3 is 28.8 Å². The van der Waals surface area contributed by atoms with Crippen LogP contribution in [0, 0.1) is 0 Å². The quantitative estimate of drug-likeness (QED) is 0.460. The highest BCUT2D eigenvalue weighted by molar-refractivity contribution is 6.31. The number of aliphatic hydroxyl groups excluding tert-OH is 1. The van der Waals surface area contributed by atoms with Crippen LogP contribution in [0.5, 0.6) is 0 Å². The molecule has 1 aliphatic rings. The van der Waals surface area contributed by atoms with Gasteiger partial charge in [0.05, 0.1) is 6.61 Å². The molecule has 32 heavy (non-hydrogen) atoms. The predicted molar refractivity (Wildman–Crippen MR) is 108 cm³/mol. The number of hydrogen-bond acceptors (Lipinski definition) is 10. The zero-order chi connectivity index (χ0) is 24.0. The van der Waals surface area contributed by atoms with Crippen LogP contribution >= 0.6 is 11.6 Å². The molecule has 1 fully saturated rings. The molecule has 0 aliphatic carbocycles. The number of ether oxygens (including phenoxy) is 5. The van der Waals surface area contributed by atoms with Crippen molar-refractivity contribution in [1.82, 2.24) is 0 Å². The Labute approximate surface area is 189 Å². The van der Waals surface area contributed by atoms with Crippen LogP contribution in [0.15, 0.2) is 18.2 Å². The number of hydrogen-bond donors (Lipinski definition) is 1. The molecule has 1 heterocycles. The summed E-state index contributed by atoms with van der Waals surface area (Å²) in [6.45, 7) is 3.96. The second kappa shape index (κ2) is 11.3. The molecule has 0 aromatic heterocycles. The zero-order valence-electron chi connectivity index (χ0n) is 18.0. The molecular weight excluding hydrogens is 448 g/mol. The van der Waals surface area contributed by atoms with Gasteiger partial charge in [-0.3, -0.25) is 19.2 Å². The van der Waals surface area contributed by atoms with Crippen LogP contribution in [0.2, 0.25) is 5.02 Å². The number of carbonyl (C=O) groups is 4. The third kappa shape index (κ3) is 6.65. The Hall–Kier alpha value is -2.69. The maximum Gasteiger partial charge on any atom is 0.303 e. The van der Waals surface area contributed by atoms with Gasteiger partial charge in [-0.1, -0.05) is 17.7 Å². The summed E-state index contributed by atoms with van der Waals surface area (Å²) in [4.78, 5) is 46.8. The molecule has 0 bridgehead atoms. The van der Waals surface area contributed by atoms with Gasteiger partial charge in [-0.25, -0.2) is 0 Å². The summed E-state index contributed by atoms with van der Waals surface area (Å²) >= 11 is 6.08. The fourth-order valence-corrected chi connectivity index (χ4v) is 3.57. The molecule has 1 N–H and O–H groups in total. The Balaban J connectivity index is 2.58. The van der Waals surface area contributed by atoms with Crippen molar-refractivity contribution < 1.29 is 48.0 Å². The van der Waals surface area contributed by atoms with E-state index in [1.54, 1.807) is 12.1 Å². The molecule has 2 unspecified atom stereocenters. The molecule has 0 spiro atoms. The van der Waals surface area contributed by atoms with Crippen LogP contribution in [0.1, 0.15) is 44.9 Å². The predicted octanol–water partition coefficient (Wildman–Crippen LogP) is 1.63. The third-order valence-electron chi connectivity index (χ3n) is 4.56. The Morgan fingerprint density at radius 1 is 0.906 bits per heavy atom. The Bertz CT molecular complexity index is 870. The Morgan fingerprint density at radius 3 is 2.00 bits per heavy atom. The second-order valence-electron chi connectivity index (χ2n) is 7.13. The lowest BCUT2D eigenvalue weighted by molar-refractivity contribution is -0.254. The number of rotatable bonds is 7. The molecule has 5 atom stereocenters. The Kier molecular flexibility index (Phi) is 8.99. The molecule has 1 aromatic rings. The summed E-state index contributed by atoms with van der Waals surface area (Å²) in [5, 5.41) is 9.87. The topological polar surface area (TPSA) is 135 Å². The van der Waals surface area contributed by atoms with E-state index in [0.29, 0.717) is 16.1 Å². The van der Waals surface area contributed by atoms with Crippen molar-refractivity contribution in [3.05, 3.63) is 34.3 Å². The van der Waals surface area contributed by atoms with Gasteiger partial charge in [-0.05, 0) is 23.3 Å². The molecule has 11 heteroatoms. The maximum absolute atomic E-state index is 11.9. The first kappa shape index (κ1) is 25.6. The van der Waals surface area contributed by atoms with Crippen molar-refractivity contribution in [3.63, 3.8) is 0 Å². The van der Waals surface area contributed by atoms with E-state index in [0.717, 1.165) is 20.8 Å². The van der Waals surface area contributed by atoms with Gasteiger partial charge in [-0.15, -0.1) is 0 Å². The van der Waals surface area contributed by atoms with Crippen molar-refractivity contribution >= 4 is 35.5 Å². The van der Waals surface area contributed by atoms with Crippen LogP contribution in [-0.4, -0.2) is 60.0 Å². The van der Waals surface area contributed by atoms with Crippen LogP contribution in [-0.2, 0) is 49.5 Å². The van der Waals surface area contributed by atoms with Crippen molar-refractivity contribution in [2.75, 3.05) is 6.61 Å². The van der Waals surface area contributed by atoms with Gasteiger partial charge >= 0.3 is 23.9 Å². The molecule has 1 aliphatic heterocycles. The highest BCUT2D eigenvalue weighted by atomic mass is 35.5.